The molecule has 0 bridgehead atoms. The predicted molar refractivity (Wildman–Crippen MR) is 68.2 cm³/mol. The van der Waals surface area contributed by atoms with Gasteiger partial charge in [0.25, 0.3) is 0 Å². The minimum Gasteiger partial charge on any atom is -0.353 e. The smallest absolute Gasteiger partial charge is 0.237 e. The minimum absolute atomic E-state index is 0.0486. The molecule has 0 aliphatic carbocycles. The van der Waals surface area contributed by atoms with Crippen molar-refractivity contribution in [3.63, 3.8) is 0 Å². The molecule has 16 heavy (non-hydrogen) atoms. The molecule has 0 rings (SSSR count). The SMILES string of the molecule is CCC(C)N(C)CCNC(=O)C(N)C(C)C. The third-order valence-corrected chi connectivity index (χ3v) is 3.13. The van der Waals surface area contributed by atoms with Crippen LogP contribution in [0.1, 0.15) is 34.1 Å². The highest BCUT2D eigenvalue weighted by atomic mass is 16.2. The first-order valence-corrected chi connectivity index (χ1v) is 6.13. The second kappa shape index (κ2) is 7.63. The normalized spacial score (nSPS) is 15.2. The highest BCUT2D eigenvalue weighted by molar-refractivity contribution is 5.81. The fourth-order valence-electron chi connectivity index (χ4n) is 1.31. The van der Waals surface area contributed by atoms with E-state index in [9.17, 15) is 4.79 Å². The summed E-state index contributed by atoms with van der Waals surface area (Å²) >= 11 is 0. The summed E-state index contributed by atoms with van der Waals surface area (Å²) in [6, 6.07) is 0.157. The number of rotatable bonds is 7. The van der Waals surface area contributed by atoms with E-state index in [1.807, 2.05) is 13.8 Å². The van der Waals surface area contributed by atoms with E-state index >= 15 is 0 Å². The number of nitrogens with one attached hydrogen (secondary N) is 1. The molecule has 0 aliphatic rings. The molecule has 96 valence electrons. The fourth-order valence-corrected chi connectivity index (χ4v) is 1.31. The zero-order valence-electron chi connectivity index (χ0n) is 11.3. The Morgan fingerprint density at radius 1 is 1.38 bits per heavy atom. The minimum atomic E-state index is -0.395. The molecule has 0 fully saturated rings. The van der Waals surface area contributed by atoms with Crippen LogP contribution in [0.2, 0.25) is 0 Å². The zero-order valence-corrected chi connectivity index (χ0v) is 11.3. The van der Waals surface area contributed by atoms with Crippen LogP contribution < -0.4 is 11.1 Å². The van der Waals surface area contributed by atoms with Crippen molar-refractivity contribution in [2.75, 3.05) is 20.1 Å². The van der Waals surface area contributed by atoms with Crippen LogP contribution in [0, 0.1) is 5.92 Å². The van der Waals surface area contributed by atoms with E-state index in [1.54, 1.807) is 0 Å². The van der Waals surface area contributed by atoms with E-state index in [2.05, 4.69) is 31.1 Å². The molecule has 0 radical (unpaired) electrons. The third kappa shape index (κ3) is 5.47. The summed E-state index contributed by atoms with van der Waals surface area (Å²) in [5, 5.41) is 2.87. The Kier molecular flexibility index (Phi) is 7.34. The van der Waals surface area contributed by atoms with Crippen molar-refractivity contribution < 1.29 is 4.79 Å². The molecule has 0 aromatic heterocycles. The van der Waals surface area contributed by atoms with Crippen LogP contribution in [0.5, 0.6) is 0 Å². The van der Waals surface area contributed by atoms with Crippen LogP contribution in [0.25, 0.3) is 0 Å². The van der Waals surface area contributed by atoms with Gasteiger partial charge in [-0.15, -0.1) is 0 Å². The molecule has 4 heteroatoms. The molecule has 0 aliphatic heterocycles. The second-order valence-electron chi connectivity index (χ2n) is 4.80. The number of carbonyl (C=O) groups excluding carboxylic acids is 1. The third-order valence-electron chi connectivity index (χ3n) is 3.13. The van der Waals surface area contributed by atoms with Crippen LogP contribution in [-0.2, 0) is 4.79 Å². The Labute approximate surface area is 99.6 Å². The maximum absolute atomic E-state index is 11.6. The molecule has 0 saturated heterocycles. The van der Waals surface area contributed by atoms with Gasteiger partial charge in [0.15, 0.2) is 0 Å². The Morgan fingerprint density at radius 3 is 2.38 bits per heavy atom. The van der Waals surface area contributed by atoms with Crippen molar-refractivity contribution in [2.45, 2.75) is 46.2 Å². The standard InChI is InChI=1S/C12H27N3O/c1-6-10(4)15(5)8-7-14-12(16)11(13)9(2)3/h9-11H,6-8,13H2,1-5H3,(H,14,16). The summed E-state index contributed by atoms with van der Waals surface area (Å²) in [4.78, 5) is 13.8. The lowest BCUT2D eigenvalue weighted by atomic mass is 10.1. The van der Waals surface area contributed by atoms with Gasteiger partial charge in [0.2, 0.25) is 5.91 Å². The Morgan fingerprint density at radius 2 is 1.94 bits per heavy atom. The van der Waals surface area contributed by atoms with Crippen molar-refractivity contribution in [1.82, 2.24) is 10.2 Å². The van der Waals surface area contributed by atoms with Gasteiger partial charge in [-0.05, 0) is 26.3 Å². The molecule has 0 aromatic carbocycles. The Hall–Kier alpha value is -0.610. The van der Waals surface area contributed by atoms with Crippen LogP contribution in [0.4, 0.5) is 0 Å². The largest absolute Gasteiger partial charge is 0.353 e. The van der Waals surface area contributed by atoms with Gasteiger partial charge >= 0.3 is 0 Å². The number of amides is 1. The zero-order chi connectivity index (χ0) is 12.7. The number of nitrogens with zero attached hydrogens (tertiary/aromatic N) is 1. The Bertz CT molecular complexity index is 206. The molecule has 0 spiro atoms. The summed E-state index contributed by atoms with van der Waals surface area (Å²) in [7, 11) is 2.07. The molecule has 2 unspecified atom stereocenters. The van der Waals surface area contributed by atoms with Crippen LogP contribution in [0.15, 0.2) is 0 Å². The number of nitrogens with two attached hydrogens (primary N) is 1. The Balaban J connectivity index is 3.78. The monoisotopic (exact) mass is 229 g/mol. The van der Waals surface area contributed by atoms with E-state index in [0.29, 0.717) is 12.6 Å². The summed E-state index contributed by atoms with van der Waals surface area (Å²) in [6.07, 6.45) is 1.12. The summed E-state index contributed by atoms with van der Waals surface area (Å²) in [5.41, 5.74) is 5.74. The molecule has 0 saturated carbocycles. The average Bonchev–Trinajstić information content (AvgIpc) is 2.26. The van der Waals surface area contributed by atoms with Gasteiger partial charge in [-0.25, -0.2) is 0 Å². The van der Waals surface area contributed by atoms with Gasteiger partial charge in [0.05, 0.1) is 6.04 Å². The summed E-state index contributed by atoms with van der Waals surface area (Å²) in [6.45, 7) is 9.78. The molecule has 2 atom stereocenters. The topological polar surface area (TPSA) is 58.4 Å². The van der Waals surface area contributed by atoms with Gasteiger partial charge < -0.3 is 16.0 Å². The van der Waals surface area contributed by atoms with Crippen LogP contribution in [-0.4, -0.2) is 43.0 Å². The van der Waals surface area contributed by atoms with Gasteiger partial charge in [-0.2, -0.15) is 0 Å². The van der Waals surface area contributed by atoms with E-state index in [1.165, 1.54) is 0 Å². The number of carbonyl (C=O) groups is 1. The predicted octanol–water partition coefficient (Wildman–Crippen LogP) is 0.816. The molecule has 3 N–H and O–H groups in total. The quantitative estimate of drug-likeness (QED) is 0.679. The van der Waals surface area contributed by atoms with Crippen molar-refractivity contribution >= 4 is 5.91 Å². The van der Waals surface area contributed by atoms with Crippen molar-refractivity contribution in [2.24, 2.45) is 11.7 Å². The lowest BCUT2D eigenvalue weighted by molar-refractivity contribution is -0.123. The summed E-state index contributed by atoms with van der Waals surface area (Å²) < 4.78 is 0. The van der Waals surface area contributed by atoms with Crippen LogP contribution >= 0.6 is 0 Å². The van der Waals surface area contributed by atoms with Crippen molar-refractivity contribution in [1.29, 1.82) is 0 Å². The molecule has 1 amide bonds. The van der Waals surface area contributed by atoms with Crippen molar-refractivity contribution in [3.05, 3.63) is 0 Å². The lowest BCUT2D eigenvalue weighted by Crippen LogP contribution is -2.46. The van der Waals surface area contributed by atoms with Gasteiger partial charge in [-0.1, -0.05) is 20.8 Å². The van der Waals surface area contributed by atoms with E-state index in [-0.39, 0.29) is 11.8 Å². The van der Waals surface area contributed by atoms with Crippen LogP contribution in [0.3, 0.4) is 0 Å². The first-order chi connectivity index (χ1) is 7.40. The highest BCUT2D eigenvalue weighted by Crippen LogP contribution is 1.99. The summed E-state index contributed by atoms with van der Waals surface area (Å²) in [5.74, 6) is 0.139. The molecule has 4 nitrogen and oxygen atoms in total. The van der Waals surface area contributed by atoms with E-state index in [4.69, 9.17) is 5.73 Å². The maximum atomic E-state index is 11.6. The first-order valence-electron chi connectivity index (χ1n) is 6.13. The van der Waals surface area contributed by atoms with Crippen molar-refractivity contribution in [3.8, 4) is 0 Å². The second-order valence-corrected chi connectivity index (χ2v) is 4.80. The molecule has 0 heterocycles. The number of hydrogen-bond donors (Lipinski definition) is 2. The first kappa shape index (κ1) is 15.4. The maximum Gasteiger partial charge on any atom is 0.237 e. The van der Waals surface area contributed by atoms with E-state index < -0.39 is 6.04 Å². The van der Waals surface area contributed by atoms with E-state index in [0.717, 1.165) is 13.0 Å². The van der Waals surface area contributed by atoms with Gasteiger partial charge in [0, 0.05) is 19.1 Å². The number of hydrogen-bond acceptors (Lipinski definition) is 3. The average molecular weight is 229 g/mol. The van der Waals surface area contributed by atoms with Gasteiger partial charge in [-0.3, -0.25) is 4.79 Å². The molecule has 0 aromatic rings. The highest BCUT2D eigenvalue weighted by Gasteiger charge is 2.16. The lowest BCUT2D eigenvalue weighted by Gasteiger charge is -2.24. The fraction of sp³-hybridized carbons (Fsp3) is 0.917. The van der Waals surface area contributed by atoms with Gasteiger partial charge in [0.1, 0.15) is 0 Å². The molecular formula is C12H27N3O. The molecular weight excluding hydrogens is 202 g/mol. The number of likely N-dealkylation sites (N-methyl/N-ethyl adjacent to an activating group) is 1.